The summed E-state index contributed by atoms with van der Waals surface area (Å²) >= 11 is 0. The highest BCUT2D eigenvalue weighted by Gasteiger charge is 2.33. The number of hydrogen-bond donors (Lipinski definition) is 1. The van der Waals surface area contributed by atoms with Crippen molar-refractivity contribution < 1.29 is 19.1 Å². The van der Waals surface area contributed by atoms with E-state index in [1.165, 1.54) is 11.1 Å². The van der Waals surface area contributed by atoms with E-state index in [0.29, 0.717) is 32.5 Å². The summed E-state index contributed by atoms with van der Waals surface area (Å²) in [6.45, 7) is 9.09. The fraction of sp³-hybridized carbons (Fsp3) is 0.591. The smallest absolute Gasteiger partial charge is 0.309 e. The van der Waals surface area contributed by atoms with Crippen LogP contribution in [0.4, 0.5) is 0 Å². The van der Waals surface area contributed by atoms with Gasteiger partial charge in [-0.2, -0.15) is 0 Å². The van der Waals surface area contributed by atoms with E-state index in [2.05, 4.69) is 5.32 Å². The second-order valence-electron chi connectivity index (χ2n) is 8.45. The minimum Gasteiger partial charge on any atom is -0.455 e. The van der Waals surface area contributed by atoms with Crippen molar-refractivity contribution >= 4 is 17.8 Å². The number of esters is 1. The number of nitrogens with one attached hydrogen (secondary N) is 1. The summed E-state index contributed by atoms with van der Waals surface area (Å²) in [4.78, 5) is 38.2. The second kappa shape index (κ2) is 9.71. The molecule has 154 valence electrons. The molecule has 0 unspecified atom stereocenters. The third kappa shape index (κ3) is 6.36. The molecule has 0 spiro atoms. The van der Waals surface area contributed by atoms with Crippen LogP contribution < -0.4 is 5.32 Å². The highest BCUT2D eigenvalue weighted by molar-refractivity contribution is 5.83. The van der Waals surface area contributed by atoms with Gasteiger partial charge in [0.05, 0.1) is 5.92 Å². The number of hydrogen-bond acceptors (Lipinski definition) is 4. The van der Waals surface area contributed by atoms with Crippen molar-refractivity contribution in [3.63, 3.8) is 0 Å². The molecule has 1 saturated heterocycles. The first-order valence-corrected chi connectivity index (χ1v) is 9.95. The lowest BCUT2D eigenvalue weighted by atomic mass is 9.91. The summed E-state index contributed by atoms with van der Waals surface area (Å²) < 4.78 is 5.18. The largest absolute Gasteiger partial charge is 0.455 e. The number of likely N-dealkylation sites (tertiary alicyclic amines) is 1. The summed E-state index contributed by atoms with van der Waals surface area (Å²) in [6.07, 6.45) is 1.90. The van der Waals surface area contributed by atoms with Gasteiger partial charge in [-0.15, -0.1) is 0 Å². The number of carbonyl (C=O) groups is 3. The van der Waals surface area contributed by atoms with Gasteiger partial charge < -0.3 is 15.0 Å². The third-order valence-corrected chi connectivity index (χ3v) is 5.08. The first-order chi connectivity index (χ1) is 13.2. The number of carbonyl (C=O) groups excluding carboxylic acids is 3. The molecule has 0 radical (unpaired) electrons. The molecule has 0 aliphatic carbocycles. The van der Waals surface area contributed by atoms with Gasteiger partial charge in [0, 0.05) is 25.0 Å². The Bertz CT molecular complexity index is 701. The molecular formula is C22H32N2O4. The molecule has 1 aromatic carbocycles. The second-order valence-corrected chi connectivity index (χ2v) is 8.45. The summed E-state index contributed by atoms with van der Waals surface area (Å²) in [6, 6.07) is 8.05. The number of nitrogens with zero attached hydrogens (tertiary/aromatic N) is 1. The van der Waals surface area contributed by atoms with Crippen LogP contribution in [0.5, 0.6) is 0 Å². The zero-order valence-corrected chi connectivity index (χ0v) is 17.4. The summed E-state index contributed by atoms with van der Waals surface area (Å²) in [5.74, 6) is -0.782. The van der Waals surface area contributed by atoms with Gasteiger partial charge in [0.15, 0.2) is 6.61 Å². The van der Waals surface area contributed by atoms with E-state index >= 15 is 0 Å². The topological polar surface area (TPSA) is 75.7 Å². The average molecular weight is 389 g/mol. The number of aryl methyl sites for hydroxylation is 1. The molecule has 2 rings (SSSR count). The van der Waals surface area contributed by atoms with Crippen LogP contribution >= 0.6 is 0 Å². The maximum Gasteiger partial charge on any atom is 0.309 e. The van der Waals surface area contributed by atoms with Crippen LogP contribution in [0.3, 0.4) is 0 Å². The number of benzene rings is 1. The summed E-state index contributed by atoms with van der Waals surface area (Å²) in [7, 11) is 0. The Morgan fingerprint density at radius 1 is 1.14 bits per heavy atom. The van der Waals surface area contributed by atoms with Gasteiger partial charge >= 0.3 is 5.97 Å². The predicted molar refractivity (Wildman–Crippen MR) is 108 cm³/mol. The Labute approximate surface area is 167 Å². The molecule has 0 aromatic heterocycles. The van der Waals surface area contributed by atoms with Crippen LogP contribution in [-0.4, -0.2) is 48.9 Å². The van der Waals surface area contributed by atoms with E-state index in [9.17, 15) is 14.4 Å². The van der Waals surface area contributed by atoms with E-state index in [1.807, 2.05) is 56.9 Å². The van der Waals surface area contributed by atoms with Gasteiger partial charge in [-0.25, -0.2) is 0 Å². The van der Waals surface area contributed by atoms with E-state index in [1.54, 1.807) is 0 Å². The van der Waals surface area contributed by atoms with Crippen LogP contribution in [0.25, 0.3) is 0 Å². The molecule has 1 N–H and O–H groups in total. The SMILES string of the molecule is Cc1ccccc1CCNC(=O)COC(=O)C1CCN(C(=O)C(C)(C)C)CC1. The molecule has 6 nitrogen and oxygen atoms in total. The zero-order chi connectivity index (χ0) is 20.7. The molecular weight excluding hydrogens is 356 g/mol. The fourth-order valence-electron chi connectivity index (χ4n) is 3.33. The Kier molecular flexibility index (Phi) is 7.61. The number of ether oxygens (including phenoxy) is 1. The normalized spacial score (nSPS) is 15.2. The quantitative estimate of drug-likeness (QED) is 0.760. The lowest BCUT2D eigenvalue weighted by Crippen LogP contribution is -2.45. The van der Waals surface area contributed by atoms with Crippen molar-refractivity contribution in [1.29, 1.82) is 0 Å². The van der Waals surface area contributed by atoms with E-state index < -0.39 is 5.41 Å². The molecule has 0 atom stereocenters. The molecule has 6 heteroatoms. The summed E-state index contributed by atoms with van der Waals surface area (Å²) in [5.41, 5.74) is 1.97. The van der Waals surface area contributed by atoms with E-state index in [-0.39, 0.29) is 30.3 Å². The van der Waals surface area contributed by atoms with Gasteiger partial charge in [-0.1, -0.05) is 45.0 Å². The number of amides is 2. The van der Waals surface area contributed by atoms with Crippen molar-refractivity contribution in [2.75, 3.05) is 26.2 Å². The lowest BCUT2D eigenvalue weighted by molar-refractivity contribution is -0.155. The fourth-order valence-corrected chi connectivity index (χ4v) is 3.33. The Morgan fingerprint density at radius 2 is 1.79 bits per heavy atom. The summed E-state index contributed by atoms with van der Waals surface area (Å²) in [5, 5.41) is 2.79. The first-order valence-electron chi connectivity index (χ1n) is 9.95. The molecule has 1 aliphatic rings. The molecule has 0 saturated carbocycles. The number of rotatable bonds is 6. The molecule has 28 heavy (non-hydrogen) atoms. The highest BCUT2D eigenvalue weighted by atomic mass is 16.5. The van der Waals surface area contributed by atoms with Crippen molar-refractivity contribution in [3.8, 4) is 0 Å². The molecule has 1 aliphatic heterocycles. The van der Waals surface area contributed by atoms with Crippen LogP contribution in [0.2, 0.25) is 0 Å². The molecule has 0 bridgehead atoms. The Balaban J connectivity index is 1.66. The van der Waals surface area contributed by atoms with Crippen LogP contribution in [0, 0.1) is 18.3 Å². The van der Waals surface area contributed by atoms with Gasteiger partial charge in [0.2, 0.25) is 5.91 Å². The van der Waals surface area contributed by atoms with Gasteiger partial charge in [-0.3, -0.25) is 14.4 Å². The van der Waals surface area contributed by atoms with Crippen molar-refractivity contribution in [2.24, 2.45) is 11.3 Å². The monoisotopic (exact) mass is 388 g/mol. The van der Waals surface area contributed by atoms with Crippen molar-refractivity contribution in [1.82, 2.24) is 10.2 Å². The Morgan fingerprint density at radius 3 is 2.39 bits per heavy atom. The van der Waals surface area contributed by atoms with Crippen molar-refractivity contribution in [2.45, 2.75) is 47.0 Å². The molecule has 2 amide bonds. The molecule has 1 heterocycles. The van der Waals surface area contributed by atoms with Gasteiger partial charge in [0.1, 0.15) is 0 Å². The highest BCUT2D eigenvalue weighted by Crippen LogP contribution is 2.24. The van der Waals surface area contributed by atoms with Crippen LogP contribution in [0.15, 0.2) is 24.3 Å². The maximum absolute atomic E-state index is 12.3. The Hall–Kier alpha value is -2.37. The van der Waals surface area contributed by atoms with Crippen LogP contribution in [-0.2, 0) is 25.5 Å². The zero-order valence-electron chi connectivity index (χ0n) is 17.4. The van der Waals surface area contributed by atoms with Gasteiger partial charge in [0.25, 0.3) is 5.91 Å². The minimum absolute atomic E-state index is 0.104. The maximum atomic E-state index is 12.3. The molecule has 1 aromatic rings. The first kappa shape index (κ1) is 21.9. The third-order valence-electron chi connectivity index (χ3n) is 5.08. The van der Waals surface area contributed by atoms with E-state index in [0.717, 1.165) is 6.42 Å². The van der Waals surface area contributed by atoms with Gasteiger partial charge in [-0.05, 0) is 37.3 Å². The average Bonchev–Trinajstić information content (AvgIpc) is 2.66. The van der Waals surface area contributed by atoms with E-state index in [4.69, 9.17) is 4.74 Å². The molecule has 1 fully saturated rings. The lowest BCUT2D eigenvalue weighted by Gasteiger charge is -2.34. The number of piperidine rings is 1. The van der Waals surface area contributed by atoms with Crippen molar-refractivity contribution in [3.05, 3.63) is 35.4 Å². The van der Waals surface area contributed by atoms with Crippen LogP contribution in [0.1, 0.15) is 44.7 Å². The standard InChI is InChI=1S/C22H32N2O4/c1-16-7-5-6-8-17(16)9-12-23-19(25)15-28-20(26)18-10-13-24(14-11-18)21(27)22(2,3)4/h5-8,18H,9-15H2,1-4H3,(H,23,25). The minimum atomic E-state index is -0.413. The predicted octanol–water partition coefficient (Wildman–Crippen LogP) is 2.48.